The van der Waals surface area contributed by atoms with Crippen molar-refractivity contribution in [1.29, 1.82) is 0 Å². The van der Waals surface area contributed by atoms with Crippen molar-refractivity contribution in [2.24, 2.45) is 0 Å². The van der Waals surface area contributed by atoms with Crippen LogP contribution in [0.4, 0.5) is 5.82 Å². The molecule has 0 aliphatic carbocycles. The first-order valence-corrected chi connectivity index (χ1v) is 10.5. The number of nitrogens with zero attached hydrogens (tertiary/aromatic N) is 4. The largest absolute Gasteiger partial charge is 0.354 e. The number of benzene rings is 2. The smallest absolute Gasteiger partial charge is 0.254 e. The van der Waals surface area contributed by atoms with Gasteiger partial charge in [0.1, 0.15) is 5.82 Å². The van der Waals surface area contributed by atoms with Crippen molar-refractivity contribution >= 4 is 22.5 Å². The van der Waals surface area contributed by atoms with Gasteiger partial charge < -0.3 is 9.80 Å². The number of anilines is 1. The second-order valence-electron chi connectivity index (χ2n) is 7.88. The molecule has 0 bridgehead atoms. The summed E-state index contributed by atoms with van der Waals surface area (Å²) < 4.78 is 0. The molecule has 1 amide bonds. The predicted molar refractivity (Wildman–Crippen MR) is 116 cm³/mol. The van der Waals surface area contributed by atoms with Gasteiger partial charge >= 0.3 is 0 Å². The maximum atomic E-state index is 12.7. The molecule has 0 saturated carbocycles. The van der Waals surface area contributed by atoms with E-state index < -0.39 is 0 Å². The van der Waals surface area contributed by atoms with Gasteiger partial charge in [-0.15, -0.1) is 0 Å². The van der Waals surface area contributed by atoms with Crippen LogP contribution in [0.2, 0.25) is 0 Å². The Kier molecular flexibility index (Phi) is 4.90. The van der Waals surface area contributed by atoms with Gasteiger partial charge in [0.05, 0.1) is 0 Å². The van der Waals surface area contributed by atoms with Crippen molar-refractivity contribution in [1.82, 2.24) is 14.8 Å². The highest BCUT2D eigenvalue weighted by Crippen LogP contribution is 2.25. The first kappa shape index (κ1) is 18.1. The number of hydrogen-bond donors (Lipinski definition) is 0. The van der Waals surface area contributed by atoms with Crippen molar-refractivity contribution in [3.63, 3.8) is 0 Å². The number of amides is 1. The van der Waals surface area contributed by atoms with Crippen molar-refractivity contribution in [2.45, 2.75) is 6.42 Å². The third kappa shape index (κ3) is 3.58. The molecule has 0 spiro atoms. The number of pyridine rings is 1. The second-order valence-corrected chi connectivity index (χ2v) is 7.88. The van der Waals surface area contributed by atoms with E-state index in [0.29, 0.717) is 0 Å². The number of carbonyl (C=O) groups is 1. The fourth-order valence-electron chi connectivity index (χ4n) is 4.49. The van der Waals surface area contributed by atoms with Crippen molar-refractivity contribution in [3.8, 4) is 0 Å². The Bertz CT molecular complexity index is 1020. The minimum atomic E-state index is 0.186. The summed E-state index contributed by atoms with van der Waals surface area (Å²) in [5.74, 6) is 1.27. The Morgan fingerprint density at radius 1 is 0.828 bits per heavy atom. The van der Waals surface area contributed by atoms with Crippen LogP contribution in [0.3, 0.4) is 0 Å². The zero-order valence-electron chi connectivity index (χ0n) is 16.6. The van der Waals surface area contributed by atoms with Gasteiger partial charge in [-0.1, -0.05) is 42.5 Å². The van der Waals surface area contributed by atoms with Gasteiger partial charge in [0, 0.05) is 63.0 Å². The van der Waals surface area contributed by atoms with Gasteiger partial charge in [-0.25, -0.2) is 4.98 Å². The molecule has 148 valence electrons. The molecule has 1 fully saturated rings. The molecule has 0 radical (unpaired) electrons. The van der Waals surface area contributed by atoms with E-state index in [1.807, 2.05) is 29.3 Å². The van der Waals surface area contributed by atoms with E-state index in [1.165, 1.54) is 16.3 Å². The topological polar surface area (TPSA) is 39.7 Å². The second kappa shape index (κ2) is 7.84. The minimum Gasteiger partial charge on any atom is -0.354 e. The van der Waals surface area contributed by atoms with Gasteiger partial charge in [0.2, 0.25) is 0 Å². The van der Waals surface area contributed by atoms with Crippen molar-refractivity contribution in [3.05, 3.63) is 71.9 Å². The van der Waals surface area contributed by atoms with Crippen LogP contribution in [-0.4, -0.2) is 66.5 Å². The van der Waals surface area contributed by atoms with E-state index in [1.54, 1.807) is 0 Å². The Balaban J connectivity index is 1.18. The summed E-state index contributed by atoms with van der Waals surface area (Å²) in [6.07, 6.45) is 2.87. The zero-order valence-corrected chi connectivity index (χ0v) is 16.6. The number of piperazine rings is 1. The summed E-state index contributed by atoms with van der Waals surface area (Å²) in [6, 6.07) is 18.5. The summed E-state index contributed by atoms with van der Waals surface area (Å²) in [4.78, 5) is 24.3. The molecule has 0 N–H and O–H groups in total. The first-order valence-electron chi connectivity index (χ1n) is 10.5. The highest BCUT2D eigenvalue weighted by atomic mass is 16.2. The van der Waals surface area contributed by atoms with Crippen LogP contribution in [0, 0.1) is 0 Å². The van der Waals surface area contributed by atoms with E-state index in [-0.39, 0.29) is 5.91 Å². The fourth-order valence-corrected chi connectivity index (χ4v) is 4.49. The van der Waals surface area contributed by atoms with Gasteiger partial charge in [-0.2, -0.15) is 0 Å². The van der Waals surface area contributed by atoms with Crippen LogP contribution in [0.15, 0.2) is 60.8 Å². The molecule has 0 atom stereocenters. The number of fused-ring (bicyclic) bond motifs is 2. The summed E-state index contributed by atoms with van der Waals surface area (Å²) >= 11 is 0. The average molecular weight is 386 g/mol. The summed E-state index contributed by atoms with van der Waals surface area (Å²) in [7, 11) is 0. The lowest BCUT2D eigenvalue weighted by Crippen LogP contribution is -2.50. The van der Waals surface area contributed by atoms with Crippen molar-refractivity contribution in [2.75, 3.05) is 50.7 Å². The van der Waals surface area contributed by atoms with E-state index in [4.69, 9.17) is 0 Å². The number of rotatable bonds is 4. The van der Waals surface area contributed by atoms with Crippen molar-refractivity contribution < 1.29 is 4.79 Å². The lowest BCUT2D eigenvalue weighted by atomic mass is 9.99. The molecule has 1 saturated heterocycles. The molecule has 2 aromatic carbocycles. The lowest BCUT2D eigenvalue weighted by molar-refractivity contribution is 0.0717. The van der Waals surface area contributed by atoms with Crippen LogP contribution in [0.25, 0.3) is 10.8 Å². The van der Waals surface area contributed by atoms with Gasteiger partial charge in [0.15, 0.2) is 0 Å². The number of carbonyl (C=O) groups excluding carboxylic acids is 1. The van der Waals surface area contributed by atoms with E-state index >= 15 is 0 Å². The highest BCUT2D eigenvalue weighted by Gasteiger charge is 2.25. The Morgan fingerprint density at radius 3 is 2.52 bits per heavy atom. The molecule has 2 aliphatic heterocycles. The van der Waals surface area contributed by atoms with Crippen LogP contribution in [-0.2, 0) is 6.42 Å². The Morgan fingerprint density at radius 2 is 1.62 bits per heavy atom. The summed E-state index contributed by atoms with van der Waals surface area (Å²) in [6.45, 7) is 6.52. The molecular formula is C24H26N4O. The molecule has 2 aliphatic rings. The van der Waals surface area contributed by atoms with E-state index in [2.05, 4.69) is 51.2 Å². The normalized spacial score (nSPS) is 17.6. The third-order valence-corrected chi connectivity index (χ3v) is 6.20. The van der Waals surface area contributed by atoms with Gasteiger partial charge in [-0.3, -0.25) is 9.69 Å². The van der Waals surface area contributed by atoms with E-state index in [0.717, 1.165) is 63.6 Å². The van der Waals surface area contributed by atoms with Crippen LogP contribution < -0.4 is 4.90 Å². The SMILES string of the molecule is O=C1c2ccccc2CCN1CCN1CCN(c2nccc3ccccc23)CC1. The molecule has 5 nitrogen and oxygen atoms in total. The van der Waals surface area contributed by atoms with Gasteiger partial charge in [-0.05, 0) is 29.5 Å². The first-order chi connectivity index (χ1) is 14.3. The van der Waals surface area contributed by atoms with Crippen LogP contribution in [0.5, 0.6) is 0 Å². The predicted octanol–water partition coefficient (Wildman–Crippen LogP) is 3.06. The third-order valence-electron chi connectivity index (χ3n) is 6.20. The maximum Gasteiger partial charge on any atom is 0.254 e. The molecule has 5 heteroatoms. The fraction of sp³-hybridized carbons (Fsp3) is 0.333. The molecule has 5 rings (SSSR count). The monoisotopic (exact) mass is 386 g/mol. The molecule has 29 heavy (non-hydrogen) atoms. The lowest BCUT2D eigenvalue weighted by Gasteiger charge is -2.37. The maximum absolute atomic E-state index is 12.7. The Hall–Kier alpha value is -2.92. The van der Waals surface area contributed by atoms with E-state index in [9.17, 15) is 4.79 Å². The zero-order chi connectivity index (χ0) is 19.6. The highest BCUT2D eigenvalue weighted by molar-refractivity contribution is 5.96. The molecule has 3 aromatic rings. The molecule has 3 heterocycles. The van der Waals surface area contributed by atoms with Crippen LogP contribution in [0.1, 0.15) is 15.9 Å². The average Bonchev–Trinajstić information content (AvgIpc) is 2.79. The molecule has 1 aromatic heterocycles. The summed E-state index contributed by atoms with van der Waals surface area (Å²) in [5, 5.41) is 2.46. The molecular weight excluding hydrogens is 360 g/mol. The number of aromatic nitrogens is 1. The minimum absolute atomic E-state index is 0.186. The van der Waals surface area contributed by atoms with Crippen LogP contribution >= 0.6 is 0 Å². The summed E-state index contributed by atoms with van der Waals surface area (Å²) in [5.41, 5.74) is 2.07. The molecule has 0 unspecified atom stereocenters. The standard InChI is InChI=1S/C24H26N4O/c29-24-22-8-4-2-6-20(22)10-12-28(24)18-15-26-13-16-27(17-14-26)23-21-7-3-1-5-19(21)9-11-25-23/h1-9,11H,10,12-18H2. The van der Waals surface area contributed by atoms with Gasteiger partial charge in [0.25, 0.3) is 5.91 Å². The Labute approximate surface area is 171 Å². The number of hydrogen-bond acceptors (Lipinski definition) is 4. The quantitative estimate of drug-likeness (QED) is 0.691.